The van der Waals surface area contributed by atoms with E-state index < -0.39 is 0 Å². The van der Waals surface area contributed by atoms with Gasteiger partial charge < -0.3 is 5.32 Å². The Morgan fingerprint density at radius 1 is 1.58 bits per heavy atom. The zero-order valence-electron chi connectivity index (χ0n) is 7.08. The molecule has 12 heavy (non-hydrogen) atoms. The molecule has 0 atom stereocenters. The first-order chi connectivity index (χ1) is 5.83. The molecule has 1 aromatic rings. The highest BCUT2D eigenvalue weighted by Crippen LogP contribution is 1.97. The predicted molar refractivity (Wildman–Crippen MR) is 46.6 cm³/mol. The fourth-order valence-corrected chi connectivity index (χ4v) is 0.913. The van der Waals surface area contributed by atoms with E-state index in [1.54, 1.807) is 13.2 Å². The normalized spacial score (nSPS) is 9.42. The molecule has 1 heterocycles. The predicted octanol–water partition coefficient (Wildman–Crippen LogP) is 0.760. The van der Waals surface area contributed by atoms with Gasteiger partial charge in [0.05, 0.1) is 0 Å². The number of hydrogen-bond acceptors (Lipinski definition) is 2. The van der Waals surface area contributed by atoms with Gasteiger partial charge in [-0.25, -0.2) is 0 Å². The summed E-state index contributed by atoms with van der Waals surface area (Å²) < 4.78 is 0. The topological polar surface area (TPSA) is 42.0 Å². The zero-order valence-corrected chi connectivity index (χ0v) is 7.08. The second-order valence-electron chi connectivity index (χ2n) is 2.49. The van der Waals surface area contributed by atoms with Gasteiger partial charge in [0.2, 0.25) is 5.91 Å². The van der Waals surface area contributed by atoms with Crippen LogP contribution in [-0.4, -0.2) is 17.9 Å². The number of carbonyl (C=O) groups excluding carboxylic acids is 1. The largest absolute Gasteiger partial charge is 0.359 e. The number of nitrogens with zero attached hydrogens (tertiary/aromatic N) is 1. The van der Waals surface area contributed by atoms with Gasteiger partial charge in [-0.15, -0.1) is 0 Å². The molecule has 0 saturated heterocycles. The molecule has 0 spiro atoms. The fourth-order valence-electron chi connectivity index (χ4n) is 0.913. The molecule has 0 bridgehead atoms. The lowest BCUT2D eigenvalue weighted by Crippen LogP contribution is -2.18. The summed E-state index contributed by atoms with van der Waals surface area (Å²) in [5.41, 5.74) is 0.959. The van der Waals surface area contributed by atoms with Crippen LogP contribution in [0, 0.1) is 0 Å². The maximum Gasteiger partial charge on any atom is 0.220 e. The highest BCUT2D eigenvalue weighted by Gasteiger charge is 1.98. The molecule has 3 heteroatoms. The number of carbonyl (C=O) groups is 1. The van der Waals surface area contributed by atoms with Gasteiger partial charge in [0.15, 0.2) is 0 Å². The Kier molecular flexibility index (Phi) is 3.26. The minimum absolute atomic E-state index is 0.0562. The number of aromatic nitrogens is 1. The van der Waals surface area contributed by atoms with Crippen LogP contribution in [0.2, 0.25) is 0 Å². The van der Waals surface area contributed by atoms with Gasteiger partial charge in [-0.2, -0.15) is 0 Å². The van der Waals surface area contributed by atoms with E-state index in [1.807, 2.05) is 18.2 Å². The van der Waals surface area contributed by atoms with Crippen molar-refractivity contribution < 1.29 is 4.79 Å². The lowest BCUT2D eigenvalue weighted by molar-refractivity contribution is -0.120. The van der Waals surface area contributed by atoms with Crippen molar-refractivity contribution in [1.29, 1.82) is 0 Å². The summed E-state index contributed by atoms with van der Waals surface area (Å²) in [6, 6.07) is 5.71. The number of pyridine rings is 1. The van der Waals surface area contributed by atoms with E-state index in [9.17, 15) is 4.79 Å². The number of hydrogen-bond donors (Lipinski definition) is 1. The lowest BCUT2D eigenvalue weighted by Gasteiger charge is -1.98. The van der Waals surface area contributed by atoms with E-state index in [0.717, 1.165) is 5.69 Å². The smallest absolute Gasteiger partial charge is 0.220 e. The molecule has 1 amide bonds. The quantitative estimate of drug-likeness (QED) is 0.716. The summed E-state index contributed by atoms with van der Waals surface area (Å²) in [7, 11) is 1.64. The second-order valence-corrected chi connectivity index (χ2v) is 2.49. The lowest BCUT2D eigenvalue weighted by atomic mass is 10.2. The van der Waals surface area contributed by atoms with Crippen molar-refractivity contribution in [3.05, 3.63) is 30.1 Å². The van der Waals surface area contributed by atoms with Crippen molar-refractivity contribution in [3.63, 3.8) is 0 Å². The zero-order chi connectivity index (χ0) is 8.81. The summed E-state index contributed by atoms with van der Waals surface area (Å²) in [6.45, 7) is 0. The first-order valence-corrected chi connectivity index (χ1v) is 3.93. The van der Waals surface area contributed by atoms with E-state index in [2.05, 4.69) is 10.3 Å². The molecule has 0 radical (unpaired) electrons. The van der Waals surface area contributed by atoms with Crippen LogP contribution in [0.25, 0.3) is 0 Å². The molecule has 0 aliphatic rings. The third kappa shape index (κ3) is 2.70. The fraction of sp³-hybridized carbons (Fsp3) is 0.333. The molecule has 0 aromatic carbocycles. The highest BCUT2D eigenvalue weighted by atomic mass is 16.1. The van der Waals surface area contributed by atoms with Crippen molar-refractivity contribution in [3.8, 4) is 0 Å². The highest BCUT2D eigenvalue weighted by molar-refractivity contribution is 5.75. The molecular weight excluding hydrogens is 152 g/mol. The third-order valence-electron chi connectivity index (χ3n) is 1.61. The van der Waals surface area contributed by atoms with Crippen LogP contribution in [-0.2, 0) is 11.2 Å². The average molecular weight is 164 g/mol. The molecule has 3 nitrogen and oxygen atoms in total. The van der Waals surface area contributed by atoms with E-state index >= 15 is 0 Å². The summed E-state index contributed by atoms with van der Waals surface area (Å²) in [5.74, 6) is 0.0562. The summed E-state index contributed by atoms with van der Waals surface area (Å²) in [6.07, 6.45) is 2.95. The van der Waals surface area contributed by atoms with Crippen molar-refractivity contribution in [2.45, 2.75) is 12.8 Å². The van der Waals surface area contributed by atoms with Crippen molar-refractivity contribution in [2.75, 3.05) is 7.05 Å². The van der Waals surface area contributed by atoms with E-state index in [0.29, 0.717) is 12.8 Å². The molecule has 0 unspecified atom stereocenters. The van der Waals surface area contributed by atoms with Crippen LogP contribution in [0.5, 0.6) is 0 Å². The van der Waals surface area contributed by atoms with Crippen LogP contribution in [0.3, 0.4) is 0 Å². The monoisotopic (exact) mass is 164 g/mol. The van der Waals surface area contributed by atoms with Crippen molar-refractivity contribution >= 4 is 5.91 Å². The van der Waals surface area contributed by atoms with Crippen LogP contribution >= 0.6 is 0 Å². The molecule has 0 saturated carbocycles. The van der Waals surface area contributed by atoms with Crippen LogP contribution in [0.15, 0.2) is 24.4 Å². The van der Waals surface area contributed by atoms with Crippen LogP contribution in [0.4, 0.5) is 0 Å². The molecule has 0 fully saturated rings. The van der Waals surface area contributed by atoms with Crippen molar-refractivity contribution in [2.24, 2.45) is 0 Å². The average Bonchev–Trinajstić information content (AvgIpc) is 2.16. The van der Waals surface area contributed by atoms with Gasteiger partial charge in [-0.1, -0.05) is 6.07 Å². The van der Waals surface area contributed by atoms with Gasteiger partial charge in [-0.05, 0) is 18.6 Å². The molecule has 0 aliphatic carbocycles. The summed E-state index contributed by atoms with van der Waals surface area (Å²) >= 11 is 0. The Bertz CT molecular complexity index is 246. The minimum Gasteiger partial charge on any atom is -0.359 e. The van der Waals surface area contributed by atoms with Gasteiger partial charge in [0, 0.05) is 25.4 Å². The Hall–Kier alpha value is -1.38. The molecule has 64 valence electrons. The Balaban J connectivity index is 2.38. The number of aryl methyl sites for hydroxylation is 1. The Morgan fingerprint density at radius 2 is 2.42 bits per heavy atom. The Labute approximate surface area is 71.8 Å². The van der Waals surface area contributed by atoms with Gasteiger partial charge in [0.1, 0.15) is 0 Å². The first-order valence-electron chi connectivity index (χ1n) is 3.93. The third-order valence-corrected chi connectivity index (χ3v) is 1.61. The standard InChI is InChI=1S/C9H12N2O/c1-10-9(12)6-5-8-4-2-3-7-11-8/h2-4,7H,5-6H2,1H3,(H,10,12). The van der Waals surface area contributed by atoms with E-state index in [1.165, 1.54) is 0 Å². The minimum atomic E-state index is 0.0562. The maximum atomic E-state index is 10.8. The molecule has 1 rings (SSSR count). The number of amides is 1. The second kappa shape index (κ2) is 4.49. The van der Waals surface area contributed by atoms with Gasteiger partial charge in [-0.3, -0.25) is 9.78 Å². The van der Waals surface area contributed by atoms with E-state index in [4.69, 9.17) is 0 Å². The van der Waals surface area contributed by atoms with Crippen LogP contribution in [0.1, 0.15) is 12.1 Å². The van der Waals surface area contributed by atoms with Gasteiger partial charge >= 0.3 is 0 Å². The summed E-state index contributed by atoms with van der Waals surface area (Å²) in [5, 5.41) is 2.57. The van der Waals surface area contributed by atoms with Crippen molar-refractivity contribution in [1.82, 2.24) is 10.3 Å². The maximum absolute atomic E-state index is 10.8. The number of rotatable bonds is 3. The Morgan fingerprint density at radius 3 is 3.00 bits per heavy atom. The first kappa shape index (κ1) is 8.71. The van der Waals surface area contributed by atoms with Crippen LogP contribution < -0.4 is 5.32 Å². The number of nitrogens with one attached hydrogen (secondary N) is 1. The molecule has 1 N–H and O–H groups in total. The molecular formula is C9H12N2O. The van der Waals surface area contributed by atoms with Gasteiger partial charge in [0.25, 0.3) is 0 Å². The SMILES string of the molecule is CNC(=O)CCc1ccccn1. The summed E-state index contributed by atoms with van der Waals surface area (Å²) in [4.78, 5) is 15.0. The molecule has 1 aromatic heterocycles. The molecule has 0 aliphatic heterocycles. The van der Waals surface area contributed by atoms with E-state index in [-0.39, 0.29) is 5.91 Å².